The predicted octanol–water partition coefficient (Wildman–Crippen LogP) is 2.39. The first-order valence-corrected chi connectivity index (χ1v) is 6.67. The normalized spacial score (nSPS) is 32.4. The first-order chi connectivity index (χ1) is 16.7. The molecule has 4 heteroatoms. The highest BCUT2D eigenvalue weighted by Crippen LogP contribution is 2.28. The van der Waals surface area contributed by atoms with Crippen molar-refractivity contribution in [2.75, 3.05) is 26.2 Å². The molecule has 0 heterocycles. The average molecular weight is 324 g/mol. The van der Waals surface area contributed by atoms with E-state index in [0.717, 1.165) is 24.3 Å². The third-order valence-corrected chi connectivity index (χ3v) is 2.62. The number of hydrogen-bond acceptors (Lipinski definition) is 4. The van der Waals surface area contributed by atoms with Crippen LogP contribution < -0.4 is 10.1 Å². The van der Waals surface area contributed by atoms with E-state index in [1.165, 1.54) is 0 Å². The van der Waals surface area contributed by atoms with Gasteiger partial charge in [0.1, 0.15) is 18.4 Å². The van der Waals surface area contributed by atoms with Gasteiger partial charge in [-0.3, -0.25) is 0 Å². The van der Waals surface area contributed by atoms with E-state index in [0.29, 0.717) is 12.8 Å². The van der Waals surface area contributed by atoms with Gasteiger partial charge >= 0.3 is 0 Å². The molecule has 1 aromatic carbocycles. The van der Waals surface area contributed by atoms with Crippen LogP contribution in [0, 0.1) is 5.92 Å². The summed E-state index contributed by atoms with van der Waals surface area (Å²) >= 11 is 0. The van der Waals surface area contributed by atoms with Gasteiger partial charge in [-0.05, 0) is 42.8 Å². The van der Waals surface area contributed by atoms with Gasteiger partial charge in [0, 0.05) is 31.5 Å². The van der Waals surface area contributed by atoms with Crippen LogP contribution >= 0.6 is 0 Å². The Morgan fingerprint density at radius 1 is 1.41 bits per heavy atom. The van der Waals surface area contributed by atoms with Crippen LogP contribution in [0.4, 0.5) is 0 Å². The number of aryl methyl sites for hydroxylation is 1. The molecule has 4 nitrogen and oxygen atoms in total. The van der Waals surface area contributed by atoms with Gasteiger partial charge in [-0.1, -0.05) is 25.8 Å². The van der Waals surface area contributed by atoms with Crippen LogP contribution in [-0.4, -0.2) is 43.4 Å². The lowest BCUT2D eigenvalue weighted by Gasteiger charge is -2.15. The van der Waals surface area contributed by atoms with Gasteiger partial charge in [-0.2, -0.15) is 0 Å². The SMILES string of the molecule is [2H]C([2H])(OC([2H])([2H])C([2H])([2H])c1ccc(OC([2H])([2H])C([2H])(O)CNC([2H])(C([2H])([2H])[2H])C([2H])([2H])[2H])cc1)C1CC1. The third kappa shape index (κ3) is 7.25. The van der Waals surface area contributed by atoms with Crippen molar-refractivity contribution in [2.45, 2.75) is 45.0 Å². The van der Waals surface area contributed by atoms with Crippen molar-refractivity contribution in [3.8, 4) is 5.75 Å². The van der Waals surface area contributed by atoms with Gasteiger partial charge < -0.3 is 19.9 Å². The molecule has 0 spiro atoms. The summed E-state index contributed by atoms with van der Waals surface area (Å²) in [4.78, 5) is 0. The quantitative estimate of drug-likeness (QED) is 0.656. The van der Waals surface area contributed by atoms with E-state index in [4.69, 9.17) is 31.4 Å². The van der Waals surface area contributed by atoms with Crippen LogP contribution in [-0.2, 0) is 11.1 Å². The van der Waals surface area contributed by atoms with E-state index >= 15 is 0 Å². The van der Waals surface area contributed by atoms with Gasteiger partial charge in [-0.25, -0.2) is 0 Å². The van der Waals surface area contributed by atoms with Crippen molar-refractivity contribution < 1.29 is 36.5 Å². The Balaban J connectivity index is 2.18. The maximum absolute atomic E-state index is 10.3. The highest BCUT2D eigenvalue weighted by atomic mass is 16.5. The number of nitrogens with one attached hydrogen (secondary N) is 1. The minimum absolute atomic E-state index is 0.320. The number of rotatable bonds is 11. The largest absolute Gasteiger partial charge is 0.491 e. The standard InChI is InChI=1S/C18H29NO3/c1-14(2)19-11-17(20)13-22-18-7-5-15(6-8-18)9-10-21-12-16-3-4-16/h5-8,14,16-17,19-20H,3-4,9-13H2,1-2H3/i1D3,2D3,9D2,10D2,12D2,13D2,14D,17D. The van der Waals surface area contributed by atoms with E-state index in [-0.39, 0.29) is 11.3 Å². The van der Waals surface area contributed by atoms with Gasteiger partial charge in [-0.15, -0.1) is 0 Å². The van der Waals surface area contributed by atoms with Crippen molar-refractivity contribution in [1.82, 2.24) is 5.32 Å². The van der Waals surface area contributed by atoms with Crippen LogP contribution in [0.15, 0.2) is 24.3 Å². The summed E-state index contributed by atoms with van der Waals surface area (Å²) in [5.74, 6) is -0.928. The van der Waals surface area contributed by atoms with Crippen LogP contribution in [0.25, 0.3) is 0 Å². The highest BCUT2D eigenvalue weighted by Gasteiger charge is 2.20. The van der Waals surface area contributed by atoms with Crippen LogP contribution in [0.2, 0.25) is 0 Å². The minimum atomic E-state index is -3.44. The number of benzene rings is 1. The summed E-state index contributed by atoms with van der Waals surface area (Å²) in [7, 11) is 0. The molecule has 22 heavy (non-hydrogen) atoms. The minimum Gasteiger partial charge on any atom is -0.491 e. The Morgan fingerprint density at radius 3 is 2.86 bits per heavy atom. The zero-order chi connectivity index (χ0) is 29.8. The lowest BCUT2D eigenvalue weighted by atomic mass is 10.1. The van der Waals surface area contributed by atoms with Gasteiger partial charge in [0.25, 0.3) is 0 Å². The van der Waals surface area contributed by atoms with E-state index in [1.807, 2.05) is 0 Å². The second-order valence-electron chi connectivity index (χ2n) is 4.62. The smallest absolute Gasteiger partial charge is 0.119 e. The Bertz CT molecular complexity index is 955. The summed E-state index contributed by atoms with van der Waals surface area (Å²) in [6, 6.07) is 0.630. The number of aliphatic hydroxyl groups is 1. The average Bonchev–Trinajstić information content (AvgIpc) is 3.55. The summed E-state index contributed by atoms with van der Waals surface area (Å²) in [5.41, 5.74) is -0.320. The molecule has 0 bridgehead atoms. The molecule has 0 saturated heterocycles. The second-order valence-corrected chi connectivity index (χ2v) is 4.62. The molecule has 2 N–H and O–H groups in total. The van der Waals surface area contributed by atoms with Gasteiger partial charge in [0.05, 0.1) is 16.2 Å². The van der Waals surface area contributed by atoms with Crippen LogP contribution in [0.5, 0.6) is 5.75 Å². The fourth-order valence-corrected chi connectivity index (χ4v) is 1.33. The van der Waals surface area contributed by atoms with Crippen LogP contribution in [0.1, 0.15) is 54.0 Å². The van der Waals surface area contributed by atoms with E-state index < -0.39 is 64.3 Å². The molecule has 0 radical (unpaired) electrons. The Morgan fingerprint density at radius 2 is 2.18 bits per heavy atom. The molecule has 1 aromatic rings. The molecule has 1 fully saturated rings. The fraction of sp³-hybridized carbons (Fsp3) is 0.667. The molecule has 1 aliphatic rings. The second kappa shape index (κ2) is 9.13. The maximum atomic E-state index is 10.3. The maximum Gasteiger partial charge on any atom is 0.119 e. The first kappa shape index (κ1) is 5.76. The Hall–Kier alpha value is -1.10. The van der Waals surface area contributed by atoms with E-state index in [9.17, 15) is 5.11 Å². The molecule has 124 valence electrons. The number of ether oxygens (including phenoxy) is 2. The van der Waals surface area contributed by atoms with E-state index in [2.05, 4.69) is 0 Å². The topological polar surface area (TPSA) is 50.7 Å². The molecule has 1 atom stereocenters. The zero-order valence-electron chi connectivity index (χ0n) is 27.8. The van der Waals surface area contributed by atoms with Crippen molar-refractivity contribution in [2.24, 2.45) is 5.92 Å². The summed E-state index contributed by atoms with van der Waals surface area (Å²) in [6.45, 7) is -17.0. The predicted molar refractivity (Wildman–Crippen MR) is 88.3 cm³/mol. The van der Waals surface area contributed by atoms with E-state index in [1.54, 1.807) is 5.32 Å². The lowest BCUT2D eigenvalue weighted by Crippen LogP contribution is -2.35. The fourth-order valence-electron chi connectivity index (χ4n) is 1.33. The van der Waals surface area contributed by atoms with Crippen LogP contribution in [0.3, 0.4) is 0 Å². The lowest BCUT2D eigenvalue weighted by molar-refractivity contribution is 0.104. The van der Waals surface area contributed by atoms with Gasteiger partial charge in [0.15, 0.2) is 0 Å². The molecule has 1 unspecified atom stereocenters. The number of hydrogen-bond donors (Lipinski definition) is 2. The summed E-state index contributed by atoms with van der Waals surface area (Å²) in [5, 5.41) is 12.1. The van der Waals surface area contributed by atoms with Crippen molar-refractivity contribution in [1.29, 1.82) is 0 Å². The molecule has 1 aliphatic carbocycles. The van der Waals surface area contributed by atoms with Crippen molar-refractivity contribution in [3.63, 3.8) is 0 Å². The van der Waals surface area contributed by atoms with Crippen molar-refractivity contribution in [3.05, 3.63) is 29.8 Å². The molecule has 0 aromatic heterocycles. The molecule has 2 rings (SSSR count). The van der Waals surface area contributed by atoms with Crippen molar-refractivity contribution >= 4 is 0 Å². The molecule has 0 aliphatic heterocycles. The molecular formula is C18H29NO3. The molecular weight excluding hydrogens is 278 g/mol. The highest BCUT2D eigenvalue weighted by molar-refractivity contribution is 5.27. The Labute approximate surface area is 156 Å². The zero-order valence-corrected chi connectivity index (χ0v) is 11.8. The first-order valence-electron chi connectivity index (χ1n) is 14.7. The Kier molecular flexibility index (Phi) is 2.39. The summed E-state index contributed by atoms with van der Waals surface area (Å²) in [6.07, 6.45) is -5.22. The third-order valence-electron chi connectivity index (χ3n) is 2.62. The monoisotopic (exact) mass is 323 g/mol. The molecule has 1 saturated carbocycles. The summed E-state index contributed by atoms with van der Waals surface area (Å²) < 4.78 is 133. The molecule has 0 amide bonds. The van der Waals surface area contributed by atoms with Gasteiger partial charge in [0.2, 0.25) is 0 Å².